The molecule has 1 aliphatic heterocycles. The largest absolute Gasteiger partial charge is 0.416 e. The molecule has 0 aliphatic carbocycles. The number of hydrogen-bond acceptors (Lipinski definition) is 5. The first kappa shape index (κ1) is 21.7. The van der Waals surface area contributed by atoms with Crippen LogP contribution in [-0.4, -0.2) is 62.2 Å². The van der Waals surface area contributed by atoms with Gasteiger partial charge in [0, 0.05) is 31.9 Å². The number of amides is 2. The number of piperazine rings is 1. The van der Waals surface area contributed by atoms with Crippen molar-refractivity contribution in [1.29, 1.82) is 0 Å². The van der Waals surface area contributed by atoms with E-state index >= 15 is 0 Å². The molecule has 2 amide bonds. The van der Waals surface area contributed by atoms with Crippen LogP contribution in [0.15, 0.2) is 48.5 Å². The van der Waals surface area contributed by atoms with E-state index in [1.165, 1.54) is 28.9 Å². The molecule has 0 saturated carbocycles. The molecule has 3 aromatic rings. The highest BCUT2D eigenvalue weighted by Gasteiger charge is 2.30. The van der Waals surface area contributed by atoms with Crippen molar-refractivity contribution in [2.45, 2.75) is 12.7 Å². The van der Waals surface area contributed by atoms with E-state index in [4.69, 9.17) is 0 Å². The van der Waals surface area contributed by atoms with Crippen molar-refractivity contribution in [2.75, 3.05) is 31.5 Å². The number of benzene rings is 2. The lowest BCUT2D eigenvalue weighted by Crippen LogP contribution is -2.49. The molecule has 2 heterocycles. The van der Waals surface area contributed by atoms with Crippen molar-refractivity contribution in [3.63, 3.8) is 0 Å². The third-order valence-electron chi connectivity index (χ3n) is 5.09. The molecule has 12 heteroatoms. The second-order valence-corrected chi connectivity index (χ2v) is 7.25. The Morgan fingerprint density at radius 2 is 1.62 bits per heavy atom. The zero-order chi connectivity index (χ0) is 22.7. The molecule has 1 aliphatic rings. The Labute approximate surface area is 180 Å². The highest BCUT2D eigenvalue weighted by Crippen LogP contribution is 2.29. The molecule has 32 heavy (non-hydrogen) atoms. The van der Waals surface area contributed by atoms with E-state index < -0.39 is 11.7 Å². The second kappa shape index (κ2) is 8.91. The first-order valence-electron chi connectivity index (χ1n) is 9.78. The van der Waals surface area contributed by atoms with Gasteiger partial charge in [-0.2, -0.15) is 17.9 Å². The summed E-state index contributed by atoms with van der Waals surface area (Å²) >= 11 is 0. The van der Waals surface area contributed by atoms with Gasteiger partial charge in [-0.25, -0.2) is 9.18 Å². The van der Waals surface area contributed by atoms with Gasteiger partial charge in [0.25, 0.3) is 0 Å². The number of tetrazole rings is 1. The number of anilines is 1. The van der Waals surface area contributed by atoms with Gasteiger partial charge in [0.15, 0.2) is 5.82 Å². The number of alkyl halides is 3. The van der Waals surface area contributed by atoms with Gasteiger partial charge in [-0.05, 0) is 59.0 Å². The van der Waals surface area contributed by atoms with Crippen molar-refractivity contribution in [3.05, 3.63) is 65.7 Å². The second-order valence-electron chi connectivity index (χ2n) is 7.25. The summed E-state index contributed by atoms with van der Waals surface area (Å²) in [6, 6.07) is 9.76. The number of rotatable bonds is 4. The maximum Gasteiger partial charge on any atom is 0.416 e. The quantitative estimate of drug-likeness (QED) is 0.619. The highest BCUT2D eigenvalue weighted by molar-refractivity contribution is 5.89. The van der Waals surface area contributed by atoms with Gasteiger partial charge >= 0.3 is 12.2 Å². The number of halogens is 4. The third kappa shape index (κ3) is 5.02. The Balaban J connectivity index is 1.31. The van der Waals surface area contributed by atoms with Crippen molar-refractivity contribution >= 4 is 11.7 Å². The smallest absolute Gasteiger partial charge is 0.322 e. The van der Waals surface area contributed by atoms with Crippen LogP contribution in [0, 0.1) is 5.82 Å². The van der Waals surface area contributed by atoms with E-state index in [9.17, 15) is 22.4 Å². The number of aromatic nitrogens is 4. The number of carbonyl (C=O) groups excluding carboxylic acids is 1. The molecular weight excluding hydrogens is 430 g/mol. The topological polar surface area (TPSA) is 79.2 Å². The summed E-state index contributed by atoms with van der Waals surface area (Å²) in [5, 5.41) is 14.3. The Kier molecular flexibility index (Phi) is 6.04. The first-order valence-corrected chi connectivity index (χ1v) is 9.78. The number of nitrogens with zero attached hydrogens (tertiary/aromatic N) is 6. The third-order valence-corrected chi connectivity index (χ3v) is 5.09. The summed E-state index contributed by atoms with van der Waals surface area (Å²) < 4.78 is 52.6. The van der Waals surface area contributed by atoms with Crippen LogP contribution in [0.5, 0.6) is 0 Å². The zero-order valence-corrected chi connectivity index (χ0v) is 16.8. The molecule has 2 aromatic carbocycles. The molecule has 0 spiro atoms. The van der Waals surface area contributed by atoms with E-state index in [2.05, 4.69) is 25.7 Å². The molecule has 0 radical (unpaired) electrons. The van der Waals surface area contributed by atoms with Crippen LogP contribution in [0.25, 0.3) is 5.69 Å². The summed E-state index contributed by atoms with van der Waals surface area (Å²) in [7, 11) is 0. The van der Waals surface area contributed by atoms with Gasteiger partial charge in [0.05, 0.1) is 17.8 Å². The predicted molar refractivity (Wildman–Crippen MR) is 106 cm³/mol. The van der Waals surface area contributed by atoms with E-state index in [0.29, 0.717) is 49.9 Å². The molecule has 0 unspecified atom stereocenters. The lowest BCUT2D eigenvalue weighted by molar-refractivity contribution is -0.137. The number of urea groups is 1. The van der Waals surface area contributed by atoms with E-state index in [1.807, 2.05) is 0 Å². The molecule has 0 atom stereocenters. The van der Waals surface area contributed by atoms with Crippen molar-refractivity contribution in [3.8, 4) is 5.69 Å². The van der Waals surface area contributed by atoms with Crippen molar-refractivity contribution in [2.24, 2.45) is 0 Å². The first-order chi connectivity index (χ1) is 15.3. The molecule has 1 saturated heterocycles. The summed E-state index contributed by atoms with van der Waals surface area (Å²) in [6.07, 6.45) is -4.42. The average Bonchev–Trinajstić information content (AvgIpc) is 3.22. The Hall–Kier alpha value is -3.54. The highest BCUT2D eigenvalue weighted by atomic mass is 19.4. The van der Waals surface area contributed by atoms with Crippen molar-refractivity contribution in [1.82, 2.24) is 30.0 Å². The SMILES string of the molecule is O=C(Nc1ccc(C(F)(F)F)cc1)N1CCN(Cc2nnnn2-c2ccc(F)cc2)CC1. The number of nitrogens with one attached hydrogen (secondary N) is 1. The van der Waals surface area contributed by atoms with Gasteiger partial charge in [-0.15, -0.1) is 5.10 Å². The Morgan fingerprint density at radius 3 is 2.25 bits per heavy atom. The summed E-state index contributed by atoms with van der Waals surface area (Å²) in [5.41, 5.74) is 0.164. The van der Waals surface area contributed by atoms with E-state index in [0.717, 1.165) is 12.1 Å². The van der Waals surface area contributed by atoms with Crippen LogP contribution in [0.3, 0.4) is 0 Å². The fourth-order valence-corrected chi connectivity index (χ4v) is 3.34. The fourth-order valence-electron chi connectivity index (χ4n) is 3.34. The number of hydrogen-bond donors (Lipinski definition) is 1. The molecule has 8 nitrogen and oxygen atoms in total. The molecule has 1 fully saturated rings. The summed E-state index contributed by atoms with van der Waals surface area (Å²) in [6.45, 7) is 2.45. The maximum absolute atomic E-state index is 13.2. The van der Waals surface area contributed by atoms with Crippen LogP contribution < -0.4 is 5.32 Å². The van der Waals surface area contributed by atoms with E-state index in [1.54, 1.807) is 17.0 Å². The van der Waals surface area contributed by atoms with Gasteiger partial charge in [-0.3, -0.25) is 4.90 Å². The maximum atomic E-state index is 13.2. The summed E-state index contributed by atoms with van der Waals surface area (Å²) in [4.78, 5) is 16.1. The molecule has 4 rings (SSSR count). The van der Waals surface area contributed by atoms with Crippen LogP contribution in [0.1, 0.15) is 11.4 Å². The van der Waals surface area contributed by atoms with Crippen LogP contribution >= 0.6 is 0 Å². The van der Waals surface area contributed by atoms with Gasteiger partial charge in [0.1, 0.15) is 5.82 Å². The lowest BCUT2D eigenvalue weighted by atomic mass is 10.2. The fraction of sp³-hybridized carbons (Fsp3) is 0.300. The van der Waals surface area contributed by atoms with Crippen molar-refractivity contribution < 1.29 is 22.4 Å². The molecular formula is C20H19F4N7O. The zero-order valence-electron chi connectivity index (χ0n) is 16.8. The van der Waals surface area contributed by atoms with Crippen LogP contribution in [0.4, 0.5) is 28.0 Å². The summed E-state index contributed by atoms with van der Waals surface area (Å²) in [5.74, 6) is 0.230. The van der Waals surface area contributed by atoms with Gasteiger partial charge < -0.3 is 10.2 Å². The molecule has 168 valence electrons. The normalized spacial score (nSPS) is 15.1. The average molecular weight is 449 g/mol. The van der Waals surface area contributed by atoms with Crippen LogP contribution in [0.2, 0.25) is 0 Å². The monoisotopic (exact) mass is 449 g/mol. The predicted octanol–water partition coefficient (Wildman–Crippen LogP) is 3.17. The molecule has 1 aromatic heterocycles. The van der Waals surface area contributed by atoms with E-state index in [-0.39, 0.29) is 11.8 Å². The van der Waals surface area contributed by atoms with Crippen LogP contribution in [-0.2, 0) is 12.7 Å². The Bertz CT molecular complexity index is 1060. The standard InChI is InChI=1S/C20H19F4N7O/c21-15-3-7-17(8-4-15)31-18(26-27-28-31)13-29-9-11-30(12-10-29)19(32)25-16-5-1-14(2-6-16)20(22,23)24/h1-8H,9-13H2,(H,25,32). The molecule has 0 bridgehead atoms. The minimum atomic E-state index is -4.42. The molecule has 1 N–H and O–H groups in total. The Morgan fingerprint density at radius 1 is 0.969 bits per heavy atom. The van der Waals surface area contributed by atoms with Gasteiger partial charge in [0.2, 0.25) is 0 Å². The number of carbonyl (C=O) groups is 1. The lowest BCUT2D eigenvalue weighted by Gasteiger charge is -2.34. The minimum absolute atomic E-state index is 0.295. The minimum Gasteiger partial charge on any atom is -0.322 e. The van der Waals surface area contributed by atoms with Gasteiger partial charge in [-0.1, -0.05) is 0 Å².